The molecule has 0 saturated carbocycles. The van der Waals surface area contributed by atoms with E-state index in [-0.39, 0.29) is 0 Å². The Hall–Kier alpha value is -2.01. The Labute approximate surface area is 117 Å². The second-order valence-electron chi connectivity index (χ2n) is 4.68. The molecule has 0 spiro atoms. The van der Waals surface area contributed by atoms with Gasteiger partial charge < -0.3 is 25.4 Å². The lowest BCUT2D eigenvalue weighted by Gasteiger charge is -2.31. The Morgan fingerprint density at radius 1 is 1.57 bits per heavy atom. The maximum absolute atomic E-state index is 11.8. The number of rotatable bonds is 3. The fourth-order valence-electron chi connectivity index (χ4n) is 2.22. The molecule has 1 aromatic rings. The average Bonchev–Trinajstić information content (AvgIpc) is 2.62. The van der Waals surface area contributed by atoms with Crippen LogP contribution in [0.3, 0.4) is 0 Å². The van der Waals surface area contributed by atoms with Gasteiger partial charge in [-0.15, -0.1) is 0 Å². The quantitative estimate of drug-likeness (QED) is 0.365. The topological polar surface area (TPSA) is 154 Å². The molecule has 0 unspecified atom stereocenters. The number of carbonyl (C=O) groups is 1. The van der Waals surface area contributed by atoms with Gasteiger partial charge in [0.15, 0.2) is 6.23 Å². The van der Waals surface area contributed by atoms with Gasteiger partial charge in [-0.3, -0.25) is 19.1 Å². The molecule has 1 fully saturated rings. The second kappa shape index (κ2) is 5.41. The van der Waals surface area contributed by atoms with Crippen LogP contribution in [0.25, 0.3) is 0 Å². The molecule has 0 radical (unpaired) electrons. The molecule has 0 bridgehead atoms. The molecule has 10 heteroatoms. The number of aromatic nitrogens is 2. The molecular formula is C11H15N3O7. The van der Waals surface area contributed by atoms with Crippen molar-refractivity contribution in [3.63, 3.8) is 0 Å². The van der Waals surface area contributed by atoms with E-state index < -0.39 is 47.9 Å². The molecule has 1 amide bonds. The van der Waals surface area contributed by atoms with Gasteiger partial charge in [0, 0.05) is 19.2 Å². The van der Waals surface area contributed by atoms with E-state index in [9.17, 15) is 24.6 Å². The zero-order valence-corrected chi connectivity index (χ0v) is 11.0. The maximum Gasteiger partial charge on any atom is 0.330 e. The summed E-state index contributed by atoms with van der Waals surface area (Å²) in [5.74, 6) is -0.679. The van der Waals surface area contributed by atoms with Crippen molar-refractivity contribution in [3.05, 3.63) is 33.1 Å². The van der Waals surface area contributed by atoms with Crippen LogP contribution in [0.2, 0.25) is 0 Å². The van der Waals surface area contributed by atoms with Gasteiger partial charge in [0.05, 0.1) is 6.61 Å². The maximum atomic E-state index is 11.8. The first-order valence-corrected chi connectivity index (χ1v) is 6.06. The third-order valence-electron chi connectivity index (χ3n) is 3.14. The minimum atomic E-state index is -2.33. The molecular weight excluding hydrogens is 286 g/mol. The van der Waals surface area contributed by atoms with Crippen molar-refractivity contribution in [3.8, 4) is 0 Å². The standard InChI is InChI=1S/C11H15N3O7/c1-5(16)13-11(20)8(18)6(4-15)21-9(11)14-3-2-7(17)12-10(14)19/h2-3,6,8-9,15,18,20H,4H2,1H3,(H,13,16)(H,12,17,19)/t6-,8-,9-,11-/m1/s1. The zero-order chi connectivity index (χ0) is 15.8. The van der Waals surface area contributed by atoms with Crippen LogP contribution in [0.5, 0.6) is 0 Å². The van der Waals surface area contributed by atoms with Gasteiger partial charge in [-0.05, 0) is 0 Å². The van der Waals surface area contributed by atoms with Crippen molar-refractivity contribution >= 4 is 5.91 Å². The molecule has 116 valence electrons. The van der Waals surface area contributed by atoms with Gasteiger partial charge in [-0.1, -0.05) is 0 Å². The molecule has 4 atom stereocenters. The first kappa shape index (κ1) is 15.4. The predicted octanol–water partition coefficient (Wildman–Crippen LogP) is -3.39. The number of carbonyl (C=O) groups excluding carboxylic acids is 1. The molecule has 2 heterocycles. The number of ether oxygens (including phenoxy) is 1. The summed E-state index contributed by atoms with van der Waals surface area (Å²) in [5.41, 5.74) is -3.89. The molecule has 1 aromatic heterocycles. The summed E-state index contributed by atoms with van der Waals surface area (Å²) in [7, 11) is 0. The SMILES string of the molecule is CC(=O)N[C@@]1(O)[C@H](O)[C@@H](CO)O[C@H]1n1ccc(=O)[nH]c1=O. The van der Waals surface area contributed by atoms with Crippen LogP contribution in [-0.4, -0.2) is 55.3 Å². The van der Waals surface area contributed by atoms with Crippen LogP contribution >= 0.6 is 0 Å². The van der Waals surface area contributed by atoms with E-state index in [0.717, 1.165) is 23.8 Å². The monoisotopic (exact) mass is 301 g/mol. The average molecular weight is 301 g/mol. The lowest BCUT2D eigenvalue weighted by atomic mass is 10.0. The van der Waals surface area contributed by atoms with E-state index >= 15 is 0 Å². The number of aliphatic hydroxyl groups excluding tert-OH is 2. The van der Waals surface area contributed by atoms with Crippen LogP contribution in [-0.2, 0) is 9.53 Å². The number of nitrogens with one attached hydrogen (secondary N) is 2. The number of hydrogen-bond donors (Lipinski definition) is 5. The van der Waals surface area contributed by atoms with Crippen LogP contribution in [0.4, 0.5) is 0 Å². The van der Waals surface area contributed by atoms with E-state index in [0.29, 0.717) is 0 Å². The molecule has 5 N–H and O–H groups in total. The summed E-state index contributed by atoms with van der Waals surface area (Å²) >= 11 is 0. The Morgan fingerprint density at radius 2 is 2.24 bits per heavy atom. The molecule has 0 aromatic carbocycles. The molecule has 2 rings (SSSR count). The third kappa shape index (κ3) is 2.61. The summed E-state index contributed by atoms with van der Waals surface area (Å²) in [5, 5.41) is 31.7. The minimum absolute atomic E-state index is 0.641. The highest BCUT2D eigenvalue weighted by molar-refractivity contribution is 5.73. The van der Waals surface area contributed by atoms with Gasteiger partial charge in [0.2, 0.25) is 11.6 Å². The molecule has 10 nitrogen and oxygen atoms in total. The zero-order valence-electron chi connectivity index (χ0n) is 11.0. The fraction of sp³-hybridized carbons (Fsp3) is 0.545. The smallest absolute Gasteiger partial charge is 0.330 e. The summed E-state index contributed by atoms with van der Waals surface area (Å²) in [6.45, 7) is 0.460. The van der Waals surface area contributed by atoms with Gasteiger partial charge in [-0.2, -0.15) is 0 Å². The third-order valence-corrected chi connectivity index (χ3v) is 3.14. The summed E-state index contributed by atoms with van der Waals surface area (Å²) < 4.78 is 6.02. The molecule has 21 heavy (non-hydrogen) atoms. The number of nitrogens with zero attached hydrogens (tertiary/aromatic N) is 1. The van der Waals surface area contributed by atoms with E-state index in [2.05, 4.69) is 5.32 Å². The first-order valence-electron chi connectivity index (χ1n) is 6.06. The number of aliphatic hydroxyl groups is 3. The number of amides is 1. The molecule has 1 aliphatic rings. The fourth-order valence-corrected chi connectivity index (χ4v) is 2.22. The Balaban J connectivity index is 2.51. The number of H-pyrrole nitrogens is 1. The van der Waals surface area contributed by atoms with Gasteiger partial charge >= 0.3 is 5.69 Å². The Morgan fingerprint density at radius 3 is 2.76 bits per heavy atom. The van der Waals surface area contributed by atoms with Gasteiger partial charge in [0.25, 0.3) is 5.56 Å². The predicted molar refractivity (Wildman–Crippen MR) is 67.1 cm³/mol. The summed E-state index contributed by atoms with van der Waals surface area (Å²) in [6, 6.07) is 1.01. The lowest BCUT2D eigenvalue weighted by Crippen LogP contribution is -2.60. The van der Waals surface area contributed by atoms with E-state index in [1.807, 2.05) is 4.98 Å². The Kier molecular flexibility index (Phi) is 3.96. The molecule has 0 aliphatic carbocycles. The second-order valence-corrected chi connectivity index (χ2v) is 4.68. The van der Waals surface area contributed by atoms with Crippen LogP contribution in [0.15, 0.2) is 21.9 Å². The van der Waals surface area contributed by atoms with Crippen LogP contribution in [0, 0.1) is 0 Å². The lowest BCUT2D eigenvalue weighted by molar-refractivity contribution is -0.151. The van der Waals surface area contributed by atoms with E-state index in [1.165, 1.54) is 0 Å². The highest BCUT2D eigenvalue weighted by atomic mass is 16.6. The highest BCUT2D eigenvalue weighted by Gasteiger charge is 2.57. The van der Waals surface area contributed by atoms with Crippen LogP contribution in [0.1, 0.15) is 13.2 Å². The Bertz CT molecular complexity index is 654. The van der Waals surface area contributed by atoms with Gasteiger partial charge in [0.1, 0.15) is 12.2 Å². The van der Waals surface area contributed by atoms with Gasteiger partial charge in [-0.25, -0.2) is 4.79 Å². The molecule has 1 aliphatic heterocycles. The number of hydrogen-bond acceptors (Lipinski definition) is 7. The van der Waals surface area contributed by atoms with Crippen molar-refractivity contribution in [2.75, 3.05) is 6.61 Å². The number of aromatic amines is 1. The van der Waals surface area contributed by atoms with Crippen molar-refractivity contribution in [1.82, 2.24) is 14.9 Å². The first-order chi connectivity index (χ1) is 9.79. The van der Waals surface area contributed by atoms with Crippen molar-refractivity contribution in [1.29, 1.82) is 0 Å². The van der Waals surface area contributed by atoms with Crippen molar-refractivity contribution in [2.24, 2.45) is 0 Å². The summed E-state index contributed by atoms with van der Waals surface area (Å²) in [6.07, 6.45) is -3.36. The van der Waals surface area contributed by atoms with Crippen molar-refractivity contribution < 1.29 is 24.9 Å². The normalized spacial score (nSPS) is 32.1. The highest BCUT2D eigenvalue weighted by Crippen LogP contribution is 2.35. The largest absolute Gasteiger partial charge is 0.394 e. The minimum Gasteiger partial charge on any atom is -0.394 e. The van der Waals surface area contributed by atoms with E-state index in [1.54, 1.807) is 0 Å². The van der Waals surface area contributed by atoms with E-state index in [4.69, 9.17) is 9.84 Å². The molecule has 1 saturated heterocycles. The summed E-state index contributed by atoms with van der Waals surface area (Å²) in [4.78, 5) is 36.0. The van der Waals surface area contributed by atoms with Crippen molar-refractivity contribution in [2.45, 2.75) is 31.1 Å². The van der Waals surface area contributed by atoms with Crippen LogP contribution < -0.4 is 16.6 Å².